The van der Waals surface area contributed by atoms with Crippen LogP contribution in [0.3, 0.4) is 0 Å². The smallest absolute Gasteiger partial charge is 0.307 e. The molecule has 0 aliphatic heterocycles. The Hall–Kier alpha value is -2.66. The van der Waals surface area contributed by atoms with Crippen LogP contribution in [0.2, 0.25) is 0 Å². The van der Waals surface area contributed by atoms with Crippen molar-refractivity contribution in [2.75, 3.05) is 0 Å². The summed E-state index contributed by atoms with van der Waals surface area (Å²) in [5.41, 5.74) is 2.23. The van der Waals surface area contributed by atoms with Crippen molar-refractivity contribution in [2.45, 2.75) is 6.42 Å². The van der Waals surface area contributed by atoms with Crippen molar-refractivity contribution in [3.8, 4) is 5.75 Å². The van der Waals surface area contributed by atoms with Crippen molar-refractivity contribution < 1.29 is 15.0 Å². The molecule has 0 bridgehead atoms. The van der Waals surface area contributed by atoms with E-state index in [1.54, 1.807) is 24.3 Å². The number of rotatable bonds is 4. The van der Waals surface area contributed by atoms with Crippen molar-refractivity contribution in [3.05, 3.63) is 59.1 Å². The lowest BCUT2D eigenvalue weighted by atomic mass is 10.1. The van der Waals surface area contributed by atoms with Crippen LogP contribution in [0.25, 0.3) is 21.9 Å². The van der Waals surface area contributed by atoms with Gasteiger partial charge in [-0.3, -0.25) is 4.79 Å². The third-order valence-corrected chi connectivity index (χ3v) is 4.23. The molecule has 2 aromatic carbocycles. The molecule has 3 aromatic rings. The number of benzene rings is 2. The van der Waals surface area contributed by atoms with E-state index in [2.05, 4.69) is 4.98 Å². The summed E-state index contributed by atoms with van der Waals surface area (Å²) < 4.78 is 1.02. The third-order valence-electron chi connectivity index (χ3n) is 3.12. The van der Waals surface area contributed by atoms with Gasteiger partial charge in [-0.25, -0.2) is 4.98 Å². The highest BCUT2D eigenvalue weighted by Crippen LogP contribution is 2.30. The molecule has 0 spiro atoms. The van der Waals surface area contributed by atoms with Crippen molar-refractivity contribution in [1.82, 2.24) is 4.98 Å². The average Bonchev–Trinajstić information content (AvgIpc) is 2.90. The molecule has 0 aliphatic rings. The van der Waals surface area contributed by atoms with Crippen LogP contribution in [0.4, 0.5) is 0 Å². The van der Waals surface area contributed by atoms with Crippen molar-refractivity contribution in [1.29, 1.82) is 0 Å². The number of hydrogen-bond acceptors (Lipinski definition) is 4. The van der Waals surface area contributed by atoms with Crippen LogP contribution >= 0.6 is 11.3 Å². The zero-order valence-corrected chi connectivity index (χ0v) is 12.4. The van der Waals surface area contributed by atoms with Crippen LogP contribution in [0.1, 0.15) is 17.0 Å². The van der Waals surface area contributed by atoms with Gasteiger partial charge in [-0.05, 0) is 41.5 Å². The van der Waals surface area contributed by atoms with E-state index in [4.69, 9.17) is 5.11 Å². The highest BCUT2D eigenvalue weighted by Gasteiger charge is 2.12. The molecular weight excluding hydrogens is 298 g/mol. The number of thiazole rings is 1. The lowest BCUT2D eigenvalue weighted by Gasteiger charge is -2.02. The Balaban J connectivity index is 2.07. The first-order valence-electron chi connectivity index (χ1n) is 6.69. The number of aromatic hydroxyl groups is 1. The van der Waals surface area contributed by atoms with Crippen LogP contribution in [0, 0.1) is 0 Å². The van der Waals surface area contributed by atoms with E-state index >= 15 is 0 Å². The van der Waals surface area contributed by atoms with Crippen molar-refractivity contribution >= 4 is 39.2 Å². The minimum absolute atomic E-state index is 0.116. The van der Waals surface area contributed by atoms with Crippen LogP contribution in [-0.4, -0.2) is 21.2 Å². The number of carboxylic acid groups (broad SMARTS) is 1. The van der Waals surface area contributed by atoms with E-state index in [9.17, 15) is 9.90 Å². The van der Waals surface area contributed by atoms with Gasteiger partial charge in [0.1, 0.15) is 10.8 Å². The van der Waals surface area contributed by atoms with Crippen LogP contribution < -0.4 is 0 Å². The molecular formula is C17H13NO3S. The van der Waals surface area contributed by atoms with Gasteiger partial charge < -0.3 is 10.2 Å². The van der Waals surface area contributed by atoms with E-state index < -0.39 is 5.97 Å². The van der Waals surface area contributed by atoms with Crippen LogP contribution in [0.15, 0.2) is 48.5 Å². The molecule has 22 heavy (non-hydrogen) atoms. The minimum Gasteiger partial charge on any atom is -0.508 e. The molecule has 0 amide bonds. The van der Waals surface area contributed by atoms with E-state index in [-0.39, 0.29) is 12.2 Å². The highest BCUT2D eigenvalue weighted by atomic mass is 32.1. The van der Waals surface area contributed by atoms with Gasteiger partial charge in [-0.15, -0.1) is 11.3 Å². The Morgan fingerprint density at radius 2 is 2.00 bits per heavy atom. The molecule has 3 rings (SSSR count). The van der Waals surface area contributed by atoms with Crippen LogP contribution in [0.5, 0.6) is 5.75 Å². The molecule has 4 nitrogen and oxygen atoms in total. The predicted molar refractivity (Wildman–Crippen MR) is 87.9 cm³/mol. The van der Waals surface area contributed by atoms with Gasteiger partial charge in [0, 0.05) is 0 Å². The SMILES string of the molecule is O=C(O)C/C(=C\c1cccc(O)c1)c1nc2ccccc2s1. The number of phenols is 1. The summed E-state index contributed by atoms with van der Waals surface area (Å²) in [7, 11) is 0. The number of para-hydroxylation sites is 1. The highest BCUT2D eigenvalue weighted by molar-refractivity contribution is 7.19. The number of hydrogen-bond donors (Lipinski definition) is 2. The van der Waals surface area contributed by atoms with E-state index in [0.29, 0.717) is 10.6 Å². The topological polar surface area (TPSA) is 70.4 Å². The largest absolute Gasteiger partial charge is 0.508 e. The summed E-state index contributed by atoms with van der Waals surface area (Å²) >= 11 is 1.47. The molecule has 1 aromatic heterocycles. The fourth-order valence-electron chi connectivity index (χ4n) is 2.18. The van der Waals surface area contributed by atoms with Crippen molar-refractivity contribution in [3.63, 3.8) is 0 Å². The summed E-state index contributed by atoms with van der Waals surface area (Å²) in [5, 5.41) is 19.4. The quantitative estimate of drug-likeness (QED) is 0.763. The monoisotopic (exact) mass is 311 g/mol. The van der Waals surface area contributed by atoms with Gasteiger partial charge in [0.05, 0.1) is 16.6 Å². The number of fused-ring (bicyclic) bond motifs is 1. The second-order valence-electron chi connectivity index (χ2n) is 4.82. The van der Waals surface area contributed by atoms with E-state index in [1.165, 1.54) is 11.3 Å². The molecule has 0 saturated carbocycles. The first-order chi connectivity index (χ1) is 10.6. The number of aliphatic carboxylic acids is 1. The minimum atomic E-state index is -0.911. The molecule has 0 saturated heterocycles. The molecule has 0 fully saturated rings. The molecule has 0 atom stereocenters. The van der Waals surface area contributed by atoms with Gasteiger partial charge in [-0.2, -0.15) is 0 Å². The van der Waals surface area contributed by atoms with E-state index in [1.807, 2.05) is 30.3 Å². The summed E-state index contributed by atoms with van der Waals surface area (Å²) in [6, 6.07) is 14.4. The average molecular weight is 311 g/mol. The normalized spacial score (nSPS) is 11.7. The van der Waals surface area contributed by atoms with Gasteiger partial charge in [0.25, 0.3) is 0 Å². The molecule has 2 N–H and O–H groups in total. The van der Waals surface area contributed by atoms with E-state index in [0.717, 1.165) is 15.8 Å². The Kier molecular flexibility index (Phi) is 3.89. The summed E-state index contributed by atoms with van der Waals surface area (Å²) in [5.74, 6) is -0.765. The molecule has 0 radical (unpaired) electrons. The fraction of sp³-hybridized carbons (Fsp3) is 0.0588. The maximum Gasteiger partial charge on any atom is 0.307 e. The number of phenolic OH excluding ortho intramolecular Hbond substituents is 1. The number of carboxylic acids is 1. The van der Waals surface area contributed by atoms with Gasteiger partial charge in [0.15, 0.2) is 0 Å². The number of aromatic nitrogens is 1. The summed E-state index contributed by atoms with van der Waals surface area (Å²) in [6.45, 7) is 0. The maximum absolute atomic E-state index is 11.1. The third kappa shape index (κ3) is 3.15. The first kappa shape index (κ1) is 14.3. The molecule has 0 unspecified atom stereocenters. The standard InChI is InChI=1S/C17H13NO3S/c19-13-5-3-4-11(9-13)8-12(10-16(20)21)17-18-14-6-1-2-7-15(14)22-17/h1-9,19H,10H2,(H,20,21)/b12-8+. The first-order valence-corrected chi connectivity index (χ1v) is 7.51. The molecule has 5 heteroatoms. The molecule has 0 aliphatic carbocycles. The Morgan fingerprint density at radius 1 is 1.18 bits per heavy atom. The van der Waals surface area contributed by atoms with Gasteiger partial charge in [-0.1, -0.05) is 24.3 Å². The summed E-state index contributed by atoms with van der Waals surface area (Å²) in [4.78, 5) is 15.7. The lowest BCUT2D eigenvalue weighted by Crippen LogP contribution is -1.96. The lowest BCUT2D eigenvalue weighted by molar-refractivity contribution is -0.135. The Morgan fingerprint density at radius 3 is 2.73 bits per heavy atom. The predicted octanol–water partition coefficient (Wildman–Crippen LogP) is 4.02. The second-order valence-corrected chi connectivity index (χ2v) is 5.85. The van der Waals surface area contributed by atoms with Gasteiger partial charge >= 0.3 is 5.97 Å². The maximum atomic E-state index is 11.1. The number of carbonyl (C=O) groups is 1. The summed E-state index contributed by atoms with van der Waals surface area (Å²) in [6.07, 6.45) is 1.64. The Labute approximate surface area is 131 Å². The van der Waals surface area contributed by atoms with Crippen molar-refractivity contribution in [2.24, 2.45) is 0 Å². The fourth-order valence-corrected chi connectivity index (χ4v) is 3.16. The number of nitrogens with zero attached hydrogens (tertiary/aromatic N) is 1. The molecule has 110 valence electrons. The zero-order chi connectivity index (χ0) is 15.5. The second kappa shape index (κ2) is 5.99. The van der Waals surface area contributed by atoms with Gasteiger partial charge in [0.2, 0.25) is 0 Å². The Bertz CT molecular complexity index is 834. The van der Waals surface area contributed by atoms with Crippen LogP contribution in [-0.2, 0) is 4.79 Å². The zero-order valence-electron chi connectivity index (χ0n) is 11.6. The molecule has 1 heterocycles.